The van der Waals surface area contributed by atoms with Gasteiger partial charge in [0.05, 0.1) is 16.8 Å². The van der Waals surface area contributed by atoms with Crippen LogP contribution < -0.4 is 9.62 Å². The fourth-order valence-corrected chi connectivity index (χ4v) is 4.54. The topological polar surface area (TPSA) is 96.7 Å². The minimum atomic E-state index is -3.80. The Labute approximate surface area is 180 Å². The molecule has 0 radical (unpaired) electrons. The summed E-state index contributed by atoms with van der Waals surface area (Å²) >= 11 is 0. The second-order valence-electron chi connectivity index (χ2n) is 7.12. The van der Waals surface area contributed by atoms with E-state index in [4.69, 9.17) is 0 Å². The fraction of sp³-hybridized carbons (Fsp3) is 0.136. The normalized spacial score (nSPS) is 11.5. The lowest BCUT2D eigenvalue weighted by Gasteiger charge is -2.19. The molecule has 4 rings (SSSR count). The van der Waals surface area contributed by atoms with Gasteiger partial charge in [-0.1, -0.05) is 24.3 Å². The lowest BCUT2D eigenvalue weighted by molar-refractivity contribution is 0.102. The number of anilines is 2. The number of sulfonamides is 1. The summed E-state index contributed by atoms with van der Waals surface area (Å²) in [4.78, 5) is 17.3. The van der Waals surface area contributed by atoms with E-state index < -0.39 is 15.9 Å². The van der Waals surface area contributed by atoms with Crippen molar-refractivity contribution in [2.75, 3.05) is 16.7 Å². The van der Waals surface area contributed by atoms with Crippen LogP contribution in [-0.4, -0.2) is 36.0 Å². The number of fused-ring (bicyclic) bond motifs is 1. The number of hydrogen-bond acceptors (Lipinski definition) is 5. The first-order valence-corrected chi connectivity index (χ1v) is 11.0. The van der Waals surface area contributed by atoms with Gasteiger partial charge < -0.3 is 5.32 Å². The summed E-state index contributed by atoms with van der Waals surface area (Å²) in [5.41, 5.74) is 3.29. The first kappa shape index (κ1) is 20.5. The number of benzene rings is 2. The van der Waals surface area contributed by atoms with Gasteiger partial charge in [0.2, 0.25) is 0 Å². The van der Waals surface area contributed by atoms with Gasteiger partial charge in [0.15, 0.2) is 5.65 Å². The maximum atomic E-state index is 13.0. The summed E-state index contributed by atoms with van der Waals surface area (Å²) in [6, 6.07) is 16.8. The molecule has 0 aliphatic rings. The highest BCUT2D eigenvalue weighted by Gasteiger charge is 2.22. The highest BCUT2D eigenvalue weighted by Crippen LogP contribution is 2.24. The van der Waals surface area contributed by atoms with Crippen molar-refractivity contribution in [3.63, 3.8) is 0 Å². The Balaban J connectivity index is 1.63. The number of nitrogens with one attached hydrogen (secondary N) is 1. The van der Waals surface area contributed by atoms with Crippen LogP contribution >= 0.6 is 0 Å². The van der Waals surface area contributed by atoms with E-state index in [1.807, 2.05) is 26.0 Å². The van der Waals surface area contributed by atoms with Crippen LogP contribution in [0.3, 0.4) is 0 Å². The van der Waals surface area contributed by atoms with Crippen molar-refractivity contribution in [1.29, 1.82) is 0 Å². The quantitative estimate of drug-likeness (QED) is 0.518. The van der Waals surface area contributed by atoms with Crippen LogP contribution in [0, 0.1) is 13.8 Å². The van der Waals surface area contributed by atoms with Crippen molar-refractivity contribution in [3.05, 3.63) is 83.8 Å². The van der Waals surface area contributed by atoms with Crippen molar-refractivity contribution >= 4 is 33.0 Å². The van der Waals surface area contributed by atoms with E-state index in [2.05, 4.69) is 15.4 Å². The molecule has 8 nitrogen and oxygen atoms in total. The van der Waals surface area contributed by atoms with Crippen LogP contribution in [0.25, 0.3) is 5.65 Å². The number of amides is 1. The molecule has 158 valence electrons. The van der Waals surface area contributed by atoms with Gasteiger partial charge in [-0.3, -0.25) is 9.10 Å². The number of aryl methyl sites for hydroxylation is 2. The highest BCUT2D eigenvalue weighted by molar-refractivity contribution is 7.92. The molecular weight excluding hydrogens is 414 g/mol. The van der Waals surface area contributed by atoms with Gasteiger partial charge in [-0.05, 0) is 50.2 Å². The monoisotopic (exact) mass is 435 g/mol. The molecule has 0 bridgehead atoms. The SMILES string of the molecule is Cc1cc(C)n2ncc(C(=O)Nc3cccc(S(=O)(=O)N(C)c4ccccc4)c3)c2n1. The van der Waals surface area contributed by atoms with E-state index in [1.165, 1.54) is 29.7 Å². The zero-order valence-corrected chi connectivity index (χ0v) is 18.1. The number of carbonyl (C=O) groups is 1. The minimum Gasteiger partial charge on any atom is -0.322 e. The third-order valence-electron chi connectivity index (χ3n) is 4.89. The number of nitrogens with zero attached hydrogens (tertiary/aromatic N) is 4. The average Bonchev–Trinajstić information content (AvgIpc) is 3.18. The second kappa shape index (κ2) is 7.84. The molecule has 0 spiro atoms. The molecule has 31 heavy (non-hydrogen) atoms. The maximum Gasteiger partial charge on any atom is 0.264 e. The molecule has 0 saturated carbocycles. The van der Waals surface area contributed by atoms with Gasteiger partial charge in [-0.2, -0.15) is 5.10 Å². The summed E-state index contributed by atoms with van der Waals surface area (Å²) in [5, 5.41) is 6.98. The van der Waals surface area contributed by atoms with E-state index in [0.29, 0.717) is 22.6 Å². The van der Waals surface area contributed by atoms with Crippen molar-refractivity contribution in [2.45, 2.75) is 18.7 Å². The Morgan fingerprint density at radius 2 is 1.77 bits per heavy atom. The molecule has 1 amide bonds. The number of hydrogen-bond donors (Lipinski definition) is 1. The number of rotatable bonds is 5. The van der Waals surface area contributed by atoms with Crippen LogP contribution in [0.15, 0.2) is 71.8 Å². The third-order valence-corrected chi connectivity index (χ3v) is 6.67. The van der Waals surface area contributed by atoms with Gasteiger partial charge in [-0.15, -0.1) is 0 Å². The molecule has 4 aromatic rings. The van der Waals surface area contributed by atoms with Gasteiger partial charge >= 0.3 is 0 Å². The Kier molecular flexibility index (Phi) is 5.20. The van der Waals surface area contributed by atoms with Gasteiger partial charge in [0, 0.05) is 24.1 Å². The van der Waals surface area contributed by atoms with Gasteiger partial charge in [0.25, 0.3) is 15.9 Å². The van der Waals surface area contributed by atoms with E-state index in [9.17, 15) is 13.2 Å². The number of para-hydroxylation sites is 1. The van der Waals surface area contributed by atoms with Crippen LogP contribution in [0.1, 0.15) is 21.7 Å². The lowest BCUT2D eigenvalue weighted by Crippen LogP contribution is -2.26. The van der Waals surface area contributed by atoms with Crippen LogP contribution in [0.4, 0.5) is 11.4 Å². The zero-order valence-electron chi connectivity index (χ0n) is 17.3. The maximum absolute atomic E-state index is 13.0. The standard InChI is InChI=1S/C22H21N5O3S/c1-15-12-16(2)27-21(24-15)20(14-23-27)22(28)25-17-8-7-11-19(13-17)31(29,30)26(3)18-9-5-4-6-10-18/h4-14H,1-3H3,(H,25,28). The minimum absolute atomic E-state index is 0.0707. The Morgan fingerprint density at radius 3 is 2.52 bits per heavy atom. The van der Waals surface area contributed by atoms with E-state index in [1.54, 1.807) is 40.9 Å². The second-order valence-corrected chi connectivity index (χ2v) is 9.09. The van der Waals surface area contributed by atoms with Gasteiger partial charge in [-0.25, -0.2) is 17.9 Å². The molecule has 0 unspecified atom stereocenters. The van der Waals surface area contributed by atoms with E-state index in [-0.39, 0.29) is 4.90 Å². The number of carbonyl (C=O) groups excluding carboxylic acids is 1. The molecule has 2 aromatic heterocycles. The van der Waals surface area contributed by atoms with Crippen molar-refractivity contribution < 1.29 is 13.2 Å². The van der Waals surface area contributed by atoms with Crippen molar-refractivity contribution in [1.82, 2.24) is 14.6 Å². The molecule has 0 aliphatic carbocycles. The van der Waals surface area contributed by atoms with Crippen LogP contribution in [0.5, 0.6) is 0 Å². The van der Waals surface area contributed by atoms with E-state index >= 15 is 0 Å². The predicted molar refractivity (Wildman–Crippen MR) is 119 cm³/mol. The summed E-state index contributed by atoms with van der Waals surface area (Å²) < 4.78 is 28.9. The molecule has 9 heteroatoms. The smallest absolute Gasteiger partial charge is 0.264 e. The fourth-order valence-electron chi connectivity index (χ4n) is 3.30. The van der Waals surface area contributed by atoms with Crippen molar-refractivity contribution in [2.24, 2.45) is 0 Å². The summed E-state index contributed by atoms with van der Waals surface area (Å²) in [6.07, 6.45) is 1.45. The largest absolute Gasteiger partial charge is 0.322 e. The molecule has 2 aromatic carbocycles. The summed E-state index contributed by atoms with van der Waals surface area (Å²) in [5.74, 6) is -0.418. The molecule has 1 N–H and O–H groups in total. The molecule has 0 fully saturated rings. The first-order valence-electron chi connectivity index (χ1n) is 9.55. The molecule has 0 atom stereocenters. The lowest BCUT2D eigenvalue weighted by atomic mass is 10.2. The van der Waals surface area contributed by atoms with Crippen molar-refractivity contribution in [3.8, 4) is 0 Å². The van der Waals surface area contributed by atoms with Crippen LogP contribution in [0.2, 0.25) is 0 Å². The van der Waals surface area contributed by atoms with E-state index in [0.717, 1.165) is 11.4 Å². The zero-order chi connectivity index (χ0) is 22.2. The number of aromatic nitrogens is 3. The molecule has 0 aliphatic heterocycles. The average molecular weight is 436 g/mol. The first-order chi connectivity index (χ1) is 14.8. The van der Waals surface area contributed by atoms with Gasteiger partial charge in [0.1, 0.15) is 5.56 Å². The molecule has 2 heterocycles. The third kappa shape index (κ3) is 3.87. The Bertz CT molecular complexity index is 1380. The summed E-state index contributed by atoms with van der Waals surface area (Å²) in [7, 11) is -2.31. The van der Waals surface area contributed by atoms with Crippen LogP contribution in [-0.2, 0) is 10.0 Å². The molecular formula is C22H21N5O3S. The molecule has 0 saturated heterocycles. The Morgan fingerprint density at radius 1 is 1.03 bits per heavy atom. The summed E-state index contributed by atoms with van der Waals surface area (Å²) in [6.45, 7) is 3.73. The Hall–Kier alpha value is -3.72. The predicted octanol–water partition coefficient (Wildman–Crippen LogP) is 3.42. The highest BCUT2D eigenvalue weighted by atomic mass is 32.2.